The zero-order valence-electron chi connectivity index (χ0n) is 20.0. The van der Waals surface area contributed by atoms with E-state index >= 15 is 0 Å². The SMILES string of the molecule is CCCCCCCCCCCCCCCCCCCC[N+](C)(C)CCC[SiH3]. The molecule has 0 aromatic heterocycles. The fraction of sp³-hybridized carbons (Fsp3) is 1.00. The van der Waals surface area contributed by atoms with Crippen molar-refractivity contribution in [2.24, 2.45) is 0 Å². The highest BCUT2D eigenvalue weighted by Crippen LogP contribution is 2.14. The molecular formula is C25H56NSi+. The molecule has 0 fully saturated rings. The first kappa shape index (κ1) is 27.2. The van der Waals surface area contributed by atoms with E-state index < -0.39 is 0 Å². The Morgan fingerprint density at radius 3 is 1.07 bits per heavy atom. The molecule has 0 aromatic rings. The van der Waals surface area contributed by atoms with E-state index in [0.29, 0.717) is 0 Å². The van der Waals surface area contributed by atoms with Crippen LogP contribution in [0.25, 0.3) is 0 Å². The number of rotatable bonds is 22. The van der Waals surface area contributed by atoms with Crippen molar-refractivity contribution in [2.75, 3.05) is 27.2 Å². The molecule has 0 saturated carbocycles. The van der Waals surface area contributed by atoms with Crippen LogP contribution >= 0.6 is 0 Å². The lowest BCUT2D eigenvalue weighted by Crippen LogP contribution is -2.41. The van der Waals surface area contributed by atoms with E-state index in [-0.39, 0.29) is 0 Å². The molecule has 0 aliphatic rings. The minimum Gasteiger partial charge on any atom is -0.328 e. The molecule has 164 valence electrons. The van der Waals surface area contributed by atoms with Gasteiger partial charge in [0.25, 0.3) is 0 Å². The second kappa shape index (κ2) is 20.9. The molecule has 0 spiro atoms. The number of quaternary nitrogens is 1. The molecule has 0 atom stereocenters. The van der Waals surface area contributed by atoms with Gasteiger partial charge in [-0.15, -0.1) is 0 Å². The van der Waals surface area contributed by atoms with Crippen molar-refractivity contribution < 1.29 is 4.48 Å². The molecule has 0 radical (unpaired) electrons. The summed E-state index contributed by atoms with van der Waals surface area (Å²) in [7, 11) is 6.22. The Morgan fingerprint density at radius 1 is 0.444 bits per heavy atom. The van der Waals surface area contributed by atoms with Gasteiger partial charge in [-0.25, -0.2) is 0 Å². The van der Waals surface area contributed by atoms with Crippen LogP contribution in [0, 0.1) is 0 Å². The van der Waals surface area contributed by atoms with Gasteiger partial charge in [0.15, 0.2) is 0 Å². The van der Waals surface area contributed by atoms with Crippen LogP contribution in [0.5, 0.6) is 0 Å². The standard InChI is InChI=1S/C25H56NSi/c1-4-5-6-7-8-9-10-11-12-13-14-15-16-17-18-19-20-21-23-26(2,3)24-22-25-27/h4-25H2,1-3,27H3/q+1. The Labute approximate surface area is 177 Å². The van der Waals surface area contributed by atoms with Crippen LogP contribution in [0.1, 0.15) is 129 Å². The first-order chi connectivity index (χ1) is 13.1. The summed E-state index contributed by atoms with van der Waals surface area (Å²) >= 11 is 0. The molecule has 0 N–H and O–H groups in total. The van der Waals surface area contributed by atoms with E-state index in [1.54, 1.807) is 0 Å². The molecule has 0 bridgehead atoms. The predicted octanol–water partition coefficient (Wildman–Crippen LogP) is 7.28. The second-order valence-corrected chi connectivity index (χ2v) is 10.7. The molecule has 2 heteroatoms. The largest absolute Gasteiger partial charge is 0.328 e. The third kappa shape index (κ3) is 22.3. The third-order valence-electron chi connectivity index (χ3n) is 6.23. The monoisotopic (exact) mass is 398 g/mol. The van der Waals surface area contributed by atoms with Crippen LogP contribution < -0.4 is 0 Å². The third-order valence-corrected chi connectivity index (χ3v) is 6.94. The fourth-order valence-corrected chi connectivity index (χ4v) is 4.46. The molecular weight excluding hydrogens is 342 g/mol. The van der Waals surface area contributed by atoms with E-state index in [0.717, 1.165) is 0 Å². The number of hydrogen-bond acceptors (Lipinski definition) is 0. The zero-order valence-corrected chi connectivity index (χ0v) is 22.0. The predicted molar refractivity (Wildman–Crippen MR) is 130 cm³/mol. The van der Waals surface area contributed by atoms with Gasteiger partial charge in [0.2, 0.25) is 0 Å². The maximum Gasteiger partial charge on any atom is 0.0782 e. The summed E-state index contributed by atoms with van der Waals surface area (Å²) in [5.41, 5.74) is 0. The van der Waals surface area contributed by atoms with Gasteiger partial charge >= 0.3 is 0 Å². The highest BCUT2D eigenvalue weighted by molar-refractivity contribution is 6.08. The van der Waals surface area contributed by atoms with Crippen LogP contribution in [0.15, 0.2) is 0 Å². The lowest BCUT2D eigenvalue weighted by molar-refractivity contribution is -0.890. The molecule has 0 heterocycles. The molecule has 0 rings (SSSR count). The van der Waals surface area contributed by atoms with Gasteiger partial charge in [-0.1, -0.05) is 116 Å². The minimum absolute atomic E-state index is 1.25. The van der Waals surface area contributed by atoms with E-state index in [1.807, 2.05) is 0 Å². The molecule has 1 nitrogen and oxygen atoms in total. The first-order valence-electron chi connectivity index (χ1n) is 12.9. The van der Waals surface area contributed by atoms with Gasteiger partial charge < -0.3 is 4.48 Å². The van der Waals surface area contributed by atoms with Gasteiger partial charge in [0.05, 0.1) is 27.2 Å². The number of unbranched alkanes of at least 4 members (excludes halogenated alkanes) is 17. The summed E-state index contributed by atoms with van der Waals surface area (Å²) < 4.78 is 1.25. The first-order valence-corrected chi connectivity index (χ1v) is 14.4. The normalized spacial score (nSPS) is 12.1. The van der Waals surface area contributed by atoms with Crippen LogP contribution in [0.4, 0.5) is 0 Å². The molecule has 0 aromatic carbocycles. The number of hydrogen-bond donors (Lipinski definition) is 0. The zero-order chi connectivity index (χ0) is 20.1. The van der Waals surface area contributed by atoms with Crippen molar-refractivity contribution in [3.05, 3.63) is 0 Å². The highest BCUT2D eigenvalue weighted by atomic mass is 28.1. The van der Waals surface area contributed by atoms with Gasteiger partial charge in [-0.2, -0.15) is 0 Å². The molecule has 27 heavy (non-hydrogen) atoms. The van der Waals surface area contributed by atoms with E-state index in [4.69, 9.17) is 0 Å². The maximum absolute atomic E-state index is 2.42. The topological polar surface area (TPSA) is 0 Å². The molecule has 0 unspecified atom stereocenters. The highest BCUT2D eigenvalue weighted by Gasteiger charge is 2.12. The van der Waals surface area contributed by atoms with Crippen LogP contribution in [-0.2, 0) is 0 Å². The quantitative estimate of drug-likeness (QED) is 0.102. The Kier molecular flexibility index (Phi) is 21.0. The van der Waals surface area contributed by atoms with Crippen molar-refractivity contribution >= 4 is 10.2 Å². The molecule has 0 aliphatic heterocycles. The van der Waals surface area contributed by atoms with Crippen molar-refractivity contribution in [2.45, 2.75) is 135 Å². The molecule has 0 amide bonds. The van der Waals surface area contributed by atoms with Crippen LogP contribution in [0.3, 0.4) is 0 Å². The summed E-state index contributed by atoms with van der Waals surface area (Å²) in [6.45, 7) is 5.08. The Balaban J connectivity index is 3.13. The summed E-state index contributed by atoms with van der Waals surface area (Å²) in [5.74, 6) is 0. The molecule has 0 aliphatic carbocycles. The Bertz CT molecular complexity index is 277. The summed E-state index contributed by atoms with van der Waals surface area (Å²) in [6.07, 6.45) is 27.9. The van der Waals surface area contributed by atoms with Crippen molar-refractivity contribution in [1.29, 1.82) is 0 Å². The lowest BCUT2D eigenvalue weighted by Gasteiger charge is -2.29. The van der Waals surface area contributed by atoms with Crippen molar-refractivity contribution in [3.8, 4) is 0 Å². The lowest BCUT2D eigenvalue weighted by atomic mass is 10.0. The average Bonchev–Trinajstić information content (AvgIpc) is 2.65. The van der Waals surface area contributed by atoms with Crippen molar-refractivity contribution in [1.82, 2.24) is 0 Å². The van der Waals surface area contributed by atoms with Crippen LogP contribution in [0.2, 0.25) is 6.04 Å². The smallest absolute Gasteiger partial charge is 0.0782 e. The average molecular weight is 399 g/mol. The maximum atomic E-state index is 2.42. The van der Waals surface area contributed by atoms with E-state index in [2.05, 4.69) is 21.0 Å². The summed E-state index contributed by atoms with van der Waals surface area (Å²) in [6, 6.07) is 1.47. The summed E-state index contributed by atoms with van der Waals surface area (Å²) in [4.78, 5) is 0. The number of nitrogens with zero attached hydrogens (tertiary/aromatic N) is 1. The van der Waals surface area contributed by atoms with E-state index in [9.17, 15) is 0 Å². The van der Waals surface area contributed by atoms with Gasteiger partial charge in [-0.05, 0) is 19.3 Å². The van der Waals surface area contributed by atoms with Gasteiger partial charge in [0.1, 0.15) is 0 Å². The van der Waals surface area contributed by atoms with Crippen LogP contribution in [-0.4, -0.2) is 41.9 Å². The Morgan fingerprint density at radius 2 is 0.741 bits per heavy atom. The Hall–Kier alpha value is 0.177. The summed E-state index contributed by atoms with van der Waals surface area (Å²) in [5, 5.41) is 0. The second-order valence-electron chi connectivity index (χ2n) is 9.75. The van der Waals surface area contributed by atoms with Gasteiger partial charge in [0, 0.05) is 10.2 Å². The minimum atomic E-state index is 1.25. The molecule has 0 saturated heterocycles. The van der Waals surface area contributed by atoms with Crippen molar-refractivity contribution in [3.63, 3.8) is 0 Å². The van der Waals surface area contributed by atoms with E-state index in [1.165, 1.54) is 156 Å². The fourth-order valence-electron chi connectivity index (χ4n) is 4.14. The van der Waals surface area contributed by atoms with Gasteiger partial charge in [-0.3, -0.25) is 0 Å².